The third-order valence-corrected chi connectivity index (χ3v) is 12.2. The Balaban J connectivity index is 1.18. The molecule has 0 saturated carbocycles. The molecule has 0 atom stereocenters. The van der Waals surface area contributed by atoms with Crippen molar-refractivity contribution in [3.63, 3.8) is 0 Å². The molecule has 0 heteroatoms. The van der Waals surface area contributed by atoms with Gasteiger partial charge in [-0.3, -0.25) is 0 Å². The first kappa shape index (κ1) is 31.7. The lowest BCUT2D eigenvalue weighted by Gasteiger charge is -2.24. The standard InChI is InChI=1S/C55H38/c1-55(2)50-34-39(27-30-44(50)47-31-25-37-18-10-12-22-43(37)54(47)55)41-29-28-40(33-49(41)35-15-5-3-6-16-35)52-46-24-14-13-23-45(46)51(38-19-7-4-8-20-38)48-32-26-36-17-9-11-21-42(36)53(48)52/h3-34H,1-2H3. The highest BCUT2D eigenvalue weighted by Gasteiger charge is 2.37. The molecule has 0 saturated heterocycles. The van der Waals surface area contributed by atoms with E-state index in [1.54, 1.807) is 0 Å². The van der Waals surface area contributed by atoms with E-state index >= 15 is 0 Å². The van der Waals surface area contributed by atoms with Crippen molar-refractivity contribution < 1.29 is 0 Å². The van der Waals surface area contributed by atoms with E-state index in [-0.39, 0.29) is 5.41 Å². The van der Waals surface area contributed by atoms with Crippen LogP contribution in [0.2, 0.25) is 0 Å². The zero-order chi connectivity index (χ0) is 36.7. The Morgan fingerprint density at radius 2 is 0.855 bits per heavy atom. The van der Waals surface area contributed by atoms with Crippen molar-refractivity contribution in [3.8, 4) is 55.6 Å². The molecule has 0 bridgehead atoms. The summed E-state index contributed by atoms with van der Waals surface area (Å²) in [5.41, 5.74) is 15.4. The van der Waals surface area contributed by atoms with Gasteiger partial charge >= 0.3 is 0 Å². The van der Waals surface area contributed by atoms with Crippen molar-refractivity contribution in [2.75, 3.05) is 0 Å². The van der Waals surface area contributed by atoms with E-state index in [9.17, 15) is 0 Å². The van der Waals surface area contributed by atoms with Crippen molar-refractivity contribution >= 4 is 43.1 Å². The Hall–Kier alpha value is -6.76. The second kappa shape index (κ2) is 12.1. The van der Waals surface area contributed by atoms with E-state index in [0.29, 0.717) is 0 Å². The summed E-state index contributed by atoms with van der Waals surface area (Å²) in [6.45, 7) is 4.80. The summed E-state index contributed by atoms with van der Waals surface area (Å²) >= 11 is 0. The van der Waals surface area contributed by atoms with Crippen LogP contribution in [-0.4, -0.2) is 0 Å². The van der Waals surface area contributed by atoms with Gasteiger partial charge in [0.1, 0.15) is 0 Å². The predicted octanol–water partition coefficient (Wildman–Crippen LogP) is 15.3. The Labute approximate surface area is 322 Å². The Morgan fingerprint density at radius 1 is 0.309 bits per heavy atom. The molecule has 0 heterocycles. The molecule has 11 rings (SSSR count). The van der Waals surface area contributed by atoms with Crippen molar-refractivity contribution in [2.24, 2.45) is 0 Å². The van der Waals surface area contributed by atoms with Crippen LogP contribution in [0.5, 0.6) is 0 Å². The Morgan fingerprint density at radius 3 is 1.60 bits per heavy atom. The maximum absolute atomic E-state index is 2.47. The number of hydrogen-bond acceptors (Lipinski definition) is 0. The number of fused-ring (bicyclic) bond motifs is 9. The summed E-state index contributed by atoms with van der Waals surface area (Å²) < 4.78 is 0. The lowest BCUT2D eigenvalue weighted by molar-refractivity contribution is 0.666. The molecule has 0 N–H and O–H groups in total. The van der Waals surface area contributed by atoms with Gasteiger partial charge in [-0.05, 0) is 122 Å². The molecule has 0 unspecified atom stereocenters. The minimum atomic E-state index is -0.131. The smallest absolute Gasteiger partial charge is 0.0165 e. The first-order valence-corrected chi connectivity index (χ1v) is 19.4. The fraction of sp³-hybridized carbons (Fsp3) is 0.0545. The van der Waals surface area contributed by atoms with Crippen LogP contribution in [0.15, 0.2) is 194 Å². The molecule has 1 aliphatic carbocycles. The quantitative estimate of drug-likeness (QED) is 0.127. The van der Waals surface area contributed by atoms with Gasteiger partial charge in [0.15, 0.2) is 0 Å². The fourth-order valence-electron chi connectivity index (χ4n) is 9.74. The zero-order valence-electron chi connectivity index (χ0n) is 31.0. The molecule has 0 fully saturated rings. The number of hydrogen-bond donors (Lipinski definition) is 0. The van der Waals surface area contributed by atoms with Crippen molar-refractivity contribution in [3.05, 3.63) is 205 Å². The van der Waals surface area contributed by atoms with Gasteiger partial charge in [-0.15, -0.1) is 0 Å². The van der Waals surface area contributed by atoms with Crippen LogP contribution in [0.25, 0.3) is 98.7 Å². The van der Waals surface area contributed by atoms with Gasteiger partial charge in [0.2, 0.25) is 0 Å². The topological polar surface area (TPSA) is 0 Å². The van der Waals surface area contributed by atoms with Crippen LogP contribution >= 0.6 is 0 Å². The van der Waals surface area contributed by atoms with E-state index in [1.807, 2.05) is 0 Å². The fourth-order valence-corrected chi connectivity index (χ4v) is 9.74. The van der Waals surface area contributed by atoms with Crippen LogP contribution in [0.1, 0.15) is 25.0 Å². The molecule has 55 heavy (non-hydrogen) atoms. The first-order chi connectivity index (χ1) is 27.1. The zero-order valence-corrected chi connectivity index (χ0v) is 31.0. The van der Waals surface area contributed by atoms with Crippen LogP contribution < -0.4 is 0 Å². The van der Waals surface area contributed by atoms with Gasteiger partial charge in [0.25, 0.3) is 0 Å². The lowest BCUT2D eigenvalue weighted by atomic mass is 9.79. The van der Waals surface area contributed by atoms with Crippen LogP contribution in [0.4, 0.5) is 0 Å². The van der Waals surface area contributed by atoms with E-state index in [1.165, 1.54) is 110 Å². The predicted molar refractivity (Wildman–Crippen MR) is 236 cm³/mol. The molecule has 0 aliphatic heterocycles. The molecule has 258 valence electrons. The minimum absolute atomic E-state index is 0.131. The number of rotatable bonds is 4. The van der Waals surface area contributed by atoms with Crippen molar-refractivity contribution in [1.29, 1.82) is 0 Å². The molecule has 0 spiro atoms. The highest BCUT2D eigenvalue weighted by atomic mass is 14.4. The van der Waals surface area contributed by atoms with Crippen LogP contribution in [-0.2, 0) is 5.41 Å². The van der Waals surface area contributed by atoms with Crippen molar-refractivity contribution in [1.82, 2.24) is 0 Å². The van der Waals surface area contributed by atoms with E-state index in [0.717, 1.165) is 0 Å². The lowest BCUT2D eigenvalue weighted by Crippen LogP contribution is -2.15. The van der Waals surface area contributed by atoms with Crippen LogP contribution in [0, 0.1) is 0 Å². The molecular weight excluding hydrogens is 661 g/mol. The second-order valence-electron chi connectivity index (χ2n) is 15.6. The Bertz CT molecular complexity index is 3150. The average molecular weight is 699 g/mol. The number of benzene rings is 10. The highest BCUT2D eigenvalue weighted by Crippen LogP contribution is 2.53. The summed E-state index contributed by atoms with van der Waals surface area (Å²) in [5.74, 6) is 0. The van der Waals surface area contributed by atoms with E-state index < -0.39 is 0 Å². The molecule has 0 nitrogen and oxygen atoms in total. The summed E-state index contributed by atoms with van der Waals surface area (Å²) in [6.07, 6.45) is 0. The van der Waals surface area contributed by atoms with Crippen molar-refractivity contribution in [2.45, 2.75) is 19.3 Å². The van der Waals surface area contributed by atoms with Gasteiger partial charge < -0.3 is 0 Å². The van der Waals surface area contributed by atoms with Gasteiger partial charge in [-0.25, -0.2) is 0 Å². The van der Waals surface area contributed by atoms with E-state index in [2.05, 4.69) is 208 Å². The van der Waals surface area contributed by atoms with E-state index in [4.69, 9.17) is 0 Å². The molecule has 10 aromatic rings. The third kappa shape index (κ3) is 4.78. The molecule has 0 radical (unpaired) electrons. The molecule has 0 aromatic heterocycles. The second-order valence-corrected chi connectivity index (χ2v) is 15.6. The molecular formula is C55H38. The average Bonchev–Trinajstić information content (AvgIpc) is 3.48. The van der Waals surface area contributed by atoms with Crippen LogP contribution in [0.3, 0.4) is 0 Å². The third-order valence-electron chi connectivity index (χ3n) is 12.2. The molecule has 1 aliphatic rings. The van der Waals surface area contributed by atoms with Gasteiger partial charge in [0.05, 0.1) is 0 Å². The maximum Gasteiger partial charge on any atom is 0.0165 e. The summed E-state index contributed by atoms with van der Waals surface area (Å²) in [4.78, 5) is 0. The first-order valence-electron chi connectivity index (χ1n) is 19.4. The largest absolute Gasteiger partial charge is 0.0622 e. The monoisotopic (exact) mass is 698 g/mol. The summed E-state index contributed by atoms with van der Waals surface area (Å²) in [6, 6.07) is 72.2. The summed E-state index contributed by atoms with van der Waals surface area (Å²) in [7, 11) is 0. The molecule has 10 aromatic carbocycles. The van der Waals surface area contributed by atoms with Gasteiger partial charge in [-0.2, -0.15) is 0 Å². The summed E-state index contributed by atoms with van der Waals surface area (Å²) in [5, 5.41) is 10.3. The normalized spacial score (nSPS) is 13.1. The highest BCUT2D eigenvalue weighted by molar-refractivity contribution is 6.28. The Kier molecular flexibility index (Phi) is 7.00. The SMILES string of the molecule is CC1(C)c2cc(-c3ccc(-c4c5ccccc5c(-c5ccccc5)c5ccc6ccccc6c45)cc3-c3ccccc3)ccc2-c2ccc3ccccc3c21. The molecule has 0 amide bonds. The maximum atomic E-state index is 2.47. The van der Waals surface area contributed by atoms with Gasteiger partial charge in [-0.1, -0.05) is 196 Å². The minimum Gasteiger partial charge on any atom is -0.0622 e. The van der Waals surface area contributed by atoms with Gasteiger partial charge in [0, 0.05) is 5.41 Å².